The molecule has 9 heterocycles. The maximum absolute atomic E-state index is 13.9. The van der Waals surface area contributed by atoms with Gasteiger partial charge in [-0.15, -0.1) is 0 Å². The minimum atomic E-state index is -0.300. The number of aliphatic hydroxyl groups is 1. The van der Waals surface area contributed by atoms with Crippen molar-refractivity contribution < 1.29 is 33.6 Å². The first-order chi connectivity index (χ1) is 42.7. The van der Waals surface area contributed by atoms with E-state index < -0.39 is 0 Å². The third kappa shape index (κ3) is 15.5. The number of nitrogens with one attached hydrogen (secondary N) is 1. The number of hydrogen-bond donors (Lipinski definition) is 2. The number of halogens is 1. The number of benzene rings is 2. The van der Waals surface area contributed by atoms with Crippen molar-refractivity contribution in [1.82, 2.24) is 44.2 Å². The van der Waals surface area contributed by atoms with Crippen molar-refractivity contribution in [2.45, 2.75) is 115 Å². The number of likely N-dealkylation sites (N-methyl/N-ethyl adjacent to an activating group) is 1. The molecular formula is C65H85ClN14O7. The van der Waals surface area contributed by atoms with Crippen LogP contribution in [0.4, 0.5) is 23.1 Å². The fourth-order valence-electron chi connectivity index (χ4n) is 13.0. The van der Waals surface area contributed by atoms with E-state index in [1.807, 2.05) is 52.2 Å². The Morgan fingerprint density at radius 2 is 1.68 bits per heavy atom. The normalized spacial score (nSPS) is 19.8. The number of ether oxygens (including phenoxy) is 5. The van der Waals surface area contributed by atoms with Gasteiger partial charge >= 0.3 is 6.01 Å². The Kier molecular flexibility index (Phi) is 21.5. The maximum atomic E-state index is 13.9. The Bertz CT molecular complexity index is 3290. The van der Waals surface area contributed by atoms with Gasteiger partial charge in [0.25, 0.3) is 0 Å². The first-order valence-electron chi connectivity index (χ1n) is 31.5. The number of anilines is 4. The minimum absolute atomic E-state index is 0.0734. The Hall–Kier alpha value is -6.90. The summed E-state index contributed by atoms with van der Waals surface area (Å²) in [5.74, 6) is 3.08. The lowest BCUT2D eigenvalue weighted by Gasteiger charge is -2.42. The number of hydrogen-bond acceptors (Lipinski definition) is 19. The van der Waals surface area contributed by atoms with Gasteiger partial charge in [-0.25, -0.2) is 9.97 Å². The van der Waals surface area contributed by atoms with E-state index in [0.717, 1.165) is 157 Å². The number of aliphatic hydroxyl groups excluding tert-OH is 1. The van der Waals surface area contributed by atoms with Gasteiger partial charge in [0.1, 0.15) is 30.7 Å². The first kappa shape index (κ1) is 61.7. The summed E-state index contributed by atoms with van der Waals surface area (Å²) in [4.78, 5) is 47.1. The highest BCUT2D eigenvalue weighted by Crippen LogP contribution is 2.38. The molecule has 0 aliphatic carbocycles. The summed E-state index contributed by atoms with van der Waals surface area (Å²) in [6.45, 7) is 13.3. The van der Waals surface area contributed by atoms with Gasteiger partial charge in [0.2, 0.25) is 11.8 Å². The topological polar surface area (TPSA) is 208 Å². The number of carbonyl (C=O) groups excluding carboxylic acids is 1. The third-order valence-corrected chi connectivity index (χ3v) is 18.1. The standard InChI is InChI=1S/C65H85ClN14O7/c1-3-48-43-70-80-58(40-59(72-63(48)80)78-27-5-4-12-50(78)23-33-81)68-41-47-17-18-60(69-42-47)86-39-37-84-35-34-83-36-38-85-53-20-28-75(29-21-53)26-9-16-61(82)79-32-31-77(44-51(79)19-24-67)64-54-22-30-76(57-15-7-11-49-10-6-14-55(66)62(49)57)45-56(54)71-65(73-64)87-46-52-13-8-25-74(52)2/h6-7,9-11,14-18,40,42-43,50-53,68,81H,3-5,8,12-13,19-23,25-39,41,44-46H2,1-2H3/b16-9+/t50-,51-,52-/m0/s1. The van der Waals surface area contributed by atoms with Gasteiger partial charge in [-0.2, -0.15) is 24.8 Å². The number of aryl methyl sites for hydroxylation is 1. The van der Waals surface area contributed by atoms with Crippen LogP contribution in [0.5, 0.6) is 11.9 Å². The Morgan fingerprint density at radius 1 is 0.851 bits per heavy atom. The zero-order chi connectivity index (χ0) is 59.9. The van der Waals surface area contributed by atoms with E-state index in [2.05, 4.69) is 90.3 Å². The molecule has 2 N–H and O–H groups in total. The van der Waals surface area contributed by atoms with Crippen molar-refractivity contribution in [3.8, 4) is 18.0 Å². The van der Waals surface area contributed by atoms with Crippen molar-refractivity contribution in [2.75, 3.05) is 139 Å². The molecule has 0 spiro atoms. The molecule has 0 saturated carbocycles. The van der Waals surface area contributed by atoms with E-state index in [9.17, 15) is 15.2 Å². The highest BCUT2D eigenvalue weighted by Gasteiger charge is 2.35. The molecule has 0 bridgehead atoms. The van der Waals surface area contributed by atoms with Crippen LogP contribution >= 0.6 is 11.6 Å². The molecule has 6 aromatic rings. The Morgan fingerprint density at radius 3 is 2.47 bits per heavy atom. The lowest BCUT2D eigenvalue weighted by molar-refractivity contribution is -0.128. The molecule has 22 heteroatoms. The molecule has 5 aliphatic heterocycles. The first-order valence-corrected chi connectivity index (χ1v) is 31.9. The molecular weight excluding hydrogens is 1120 g/mol. The fourth-order valence-corrected chi connectivity index (χ4v) is 13.2. The summed E-state index contributed by atoms with van der Waals surface area (Å²) in [5.41, 5.74) is 6.05. The number of piperazine rings is 1. The van der Waals surface area contributed by atoms with Gasteiger partial charge in [0, 0.05) is 124 Å². The lowest BCUT2D eigenvalue weighted by atomic mass is 9.99. The van der Waals surface area contributed by atoms with Crippen LogP contribution in [0, 0.1) is 11.3 Å². The van der Waals surface area contributed by atoms with Crippen molar-refractivity contribution in [3.05, 3.63) is 107 Å². The number of likely N-dealkylation sites (tertiary alicyclic amines) is 2. The molecule has 5 aliphatic rings. The molecule has 3 atom stereocenters. The SMILES string of the molecule is CCc1cnn2c(NCc3ccc(OCCOCCOCCOC4CCN(C/C=C/C(=O)N5CCN(c6nc(OC[C@@H]7CCCN7C)nc7c6CCN(c6cccc8cccc(Cl)c68)C7)C[C@@H]5CC#N)CC4)nc3)cc(N3CCCC[C@H]3CCO)nc12. The average Bonchev–Trinajstić information content (AvgIpc) is 1.86. The zero-order valence-electron chi connectivity index (χ0n) is 50.6. The fraction of sp³-hybridized carbons (Fsp3) is 0.554. The van der Waals surface area contributed by atoms with E-state index in [1.54, 1.807) is 6.08 Å². The number of amides is 1. The van der Waals surface area contributed by atoms with E-state index in [4.69, 9.17) is 50.2 Å². The number of fused-ring (bicyclic) bond motifs is 3. The van der Waals surface area contributed by atoms with E-state index in [1.165, 1.54) is 6.42 Å². The quantitative estimate of drug-likeness (QED) is 0.0373. The van der Waals surface area contributed by atoms with Crippen LogP contribution in [0.15, 0.2) is 79.1 Å². The monoisotopic (exact) mass is 1210 g/mol. The minimum Gasteiger partial charge on any atom is -0.475 e. The van der Waals surface area contributed by atoms with Crippen molar-refractivity contribution >= 4 is 57.1 Å². The predicted octanol–water partition coefficient (Wildman–Crippen LogP) is 7.75. The number of nitrogens with zero attached hydrogens (tertiary/aromatic N) is 13. The number of carbonyl (C=O) groups is 1. The molecule has 1 amide bonds. The zero-order valence-corrected chi connectivity index (χ0v) is 51.4. The van der Waals surface area contributed by atoms with E-state index in [-0.39, 0.29) is 37.1 Å². The van der Waals surface area contributed by atoms with Crippen molar-refractivity contribution in [3.63, 3.8) is 0 Å². The van der Waals surface area contributed by atoms with Crippen LogP contribution in [0.3, 0.4) is 0 Å². The van der Waals surface area contributed by atoms with E-state index in [0.29, 0.717) is 103 Å². The number of rotatable bonds is 27. The van der Waals surface area contributed by atoms with Crippen molar-refractivity contribution in [2.24, 2.45) is 0 Å². The molecule has 0 unspecified atom stereocenters. The Labute approximate surface area is 516 Å². The lowest BCUT2D eigenvalue weighted by Crippen LogP contribution is -2.55. The average molecular weight is 1210 g/mol. The summed E-state index contributed by atoms with van der Waals surface area (Å²) in [7, 11) is 2.14. The van der Waals surface area contributed by atoms with Gasteiger partial charge in [-0.3, -0.25) is 9.69 Å². The van der Waals surface area contributed by atoms with Crippen LogP contribution < -0.4 is 29.5 Å². The number of aromatic nitrogens is 6. The molecule has 4 aromatic heterocycles. The second-order valence-electron chi connectivity index (χ2n) is 23.4. The molecule has 0 radical (unpaired) electrons. The molecule has 87 heavy (non-hydrogen) atoms. The largest absolute Gasteiger partial charge is 0.475 e. The summed E-state index contributed by atoms with van der Waals surface area (Å²) >= 11 is 6.81. The molecule has 2 aromatic carbocycles. The summed E-state index contributed by atoms with van der Waals surface area (Å²) in [5, 5.41) is 30.8. The molecule has 4 saturated heterocycles. The van der Waals surface area contributed by atoms with Crippen LogP contribution in [-0.2, 0) is 44.9 Å². The number of piperidine rings is 2. The second-order valence-corrected chi connectivity index (χ2v) is 23.8. The predicted molar refractivity (Wildman–Crippen MR) is 337 cm³/mol. The Balaban J connectivity index is 0.570. The van der Waals surface area contributed by atoms with Crippen LogP contribution in [0.1, 0.15) is 87.1 Å². The summed E-state index contributed by atoms with van der Waals surface area (Å²) < 4.78 is 31.9. The van der Waals surface area contributed by atoms with Gasteiger partial charge in [0.15, 0.2) is 5.65 Å². The molecule has 21 nitrogen and oxygen atoms in total. The molecule has 4 fully saturated rings. The van der Waals surface area contributed by atoms with Gasteiger partial charge in [-0.05, 0) is 101 Å². The number of nitriles is 1. The van der Waals surface area contributed by atoms with E-state index >= 15 is 0 Å². The highest BCUT2D eigenvalue weighted by molar-refractivity contribution is 6.36. The number of pyridine rings is 1. The third-order valence-electron chi connectivity index (χ3n) is 17.8. The van der Waals surface area contributed by atoms with Crippen molar-refractivity contribution in [1.29, 1.82) is 5.26 Å². The van der Waals surface area contributed by atoms with Crippen LogP contribution in [0.25, 0.3) is 16.4 Å². The summed E-state index contributed by atoms with van der Waals surface area (Å²) in [6.07, 6.45) is 17.4. The maximum Gasteiger partial charge on any atom is 0.318 e. The molecule has 464 valence electrons. The summed E-state index contributed by atoms with van der Waals surface area (Å²) in [6, 6.07) is 21.3. The van der Waals surface area contributed by atoms with Gasteiger partial charge in [-0.1, -0.05) is 54.9 Å². The van der Waals surface area contributed by atoms with Crippen LogP contribution in [0.2, 0.25) is 5.02 Å². The highest BCUT2D eigenvalue weighted by atomic mass is 35.5. The molecule has 11 rings (SSSR count). The van der Waals surface area contributed by atoms with Gasteiger partial charge < -0.3 is 58.6 Å². The van der Waals surface area contributed by atoms with Crippen LogP contribution in [-0.4, -0.2) is 198 Å². The second kappa shape index (κ2) is 30.3. The smallest absolute Gasteiger partial charge is 0.318 e. The van der Waals surface area contributed by atoms with Gasteiger partial charge in [0.05, 0.1) is 81.1 Å².